The van der Waals surface area contributed by atoms with Crippen molar-refractivity contribution in [1.29, 1.82) is 0 Å². The predicted molar refractivity (Wildman–Crippen MR) is 71.8 cm³/mol. The minimum Gasteiger partial charge on any atom is -0.313 e. The number of aromatic nitrogens is 1. The Morgan fingerprint density at radius 1 is 1.50 bits per heavy atom. The lowest BCUT2D eigenvalue weighted by Gasteiger charge is -2.14. The normalized spacial score (nSPS) is 12.6. The standard InChI is InChI=1S/C12H13BrN2S/c1-14-11(9-6-12(13)16-8-9)7-10-4-2-3-5-15-10/h2-6,8,11,14H,7H2,1H3. The van der Waals surface area contributed by atoms with Gasteiger partial charge in [0.1, 0.15) is 0 Å². The van der Waals surface area contributed by atoms with E-state index in [0.29, 0.717) is 6.04 Å². The van der Waals surface area contributed by atoms with Crippen LogP contribution in [0, 0.1) is 0 Å². The van der Waals surface area contributed by atoms with Crippen LogP contribution in [0.1, 0.15) is 17.3 Å². The topological polar surface area (TPSA) is 24.9 Å². The molecule has 2 rings (SSSR count). The van der Waals surface area contributed by atoms with Gasteiger partial charge >= 0.3 is 0 Å². The summed E-state index contributed by atoms with van der Waals surface area (Å²) < 4.78 is 1.17. The Balaban J connectivity index is 2.12. The minimum absolute atomic E-state index is 0.331. The van der Waals surface area contributed by atoms with Crippen molar-refractivity contribution in [3.05, 3.63) is 50.9 Å². The average Bonchev–Trinajstić information content (AvgIpc) is 2.74. The second kappa shape index (κ2) is 5.57. The predicted octanol–water partition coefficient (Wildman–Crippen LogP) is 3.41. The molecule has 84 valence electrons. The summed E-state index contributed by atoms with van der Waals surface area (Å²) in [5, 5.41) is 5.50. The fourth-order valence-corrected chi connectivity index (χ4v) is 2.85. The van der Waals surface area contributed by atoms with Crippen LogP contribution in [0.15, 0.2) is 39.6 Å². The van der Waals surface area contributed by atoms with E-state index in [2.05, 4.69) is 43.7 Å². The molecular weight excluding hydrogens is 284 g/mol. The zero-order valence-electron chi connectivity index (χ0n) is 8.98. The van der Waals surface area contributed by atoms with Gasteiger partial charge in [-0.2, -0.15) is 0 Å². The summed E-state index contributed by atoms with van der Waals surface area (Å²) in [5.41, 5.74) is 2.43. The van der Waals surface area contributed by atoms with Gasteiger partial charge in [-0.3, -0.25) is 4.98 Å². The second-order valence-corrected chi connectivity index (χ2v) is 5.84. The number of likely N-dealkylation sites (N-methyl/N-ethyl adjacent to an activating group) is 1. The molecule has 2 aromatic heterocycles. The van der Waals surface area contributed by atoms with E-state index in [-0.39, 0.29) is 0 Å². The summed E-state index contributed by atoms with van der Waals surface area (Å²) >= 11 is 5.21. The van der Waals surface area contributed by atoms with E-state index >= 15 is 0 Å². The Morgan fingerprint density at radius 2 is 2.38 bits per heavy atom. The van der Waals surface area contributed by atoms with Crippen molar-refractivity contribution in [2.45, 2.75) is 12.5 Å². The first kappa shape index (κ1) is 11.8. The van der Waals surface area contributed by atoms with Crippen molar-refractivity contribution >= 4 is 27.3 Å². The fourth-order valence-electron chi connectivity index (χ4n) is 1.62. The Labute approximate surface area is 108 Å². The van der Waals surface area contributed by atoms with Gasteiger partial charge in [0.05, 0.1) is 3.79 Å². The van der Waals surface area contributed by atoms with Crippen molar-refractivity contribution in [1.82, 2.24) is 10.3 Å². The van der Waals surface area contributed by atoms with E-state index in [1.165, 1.54) is 9.35 Å². The number of rotatable bonds is 4. The van der Waals surface area contributed by atoms with Crippen LogP contribution in [0.4, 0.5) is 0 Å². The molecule has 0 aliphatic heterocycles. The van der Waals surface area contributed by atoms with Gasteiger partial charge in [-0.25, -0.2) is 0 Å². The molecule has 0 saturated heterocycles. The van der Waals surface area contributed by atoms with Crippen LogP contribution in [0.2, 0.25) is 0 Å². The van der Waals surface area contributed by atoms with Crippen molar-refractivity contribution in [2.24, 2.45) is 0 Å². The van der Waals surface area contributed by atoms with Crippen molar-refractivity contribution in [3.63, 3.8) is 0 Å². The molecule has 0 aromatic carbocycles. The molecule has 16 heavy (non-hydrogen) atoms. The van der Waals surface area contributed by atoms with Crippen molar-refractivity contribution in [2.75, 3.05) is 7.05 Å². The van der Waals surface area contributed by atoms with Gasteiger partial charge in [0.2, 0.25) is 0 Å². The van der Waals surface area contributed by atoms with Crippen LogP contribution >= 0.6 is 27.3 Å². The molecule has 0 fully saturated rings. The lowest BCUT2D eigenvalue weighted by Crippen LogP contribution is -2.18. The molecule has 0 spiro atoms. The molecule has 0 saturated carbocycles. The maximum Gasteiger partial charge on any atom is 0.0701 e. The van der Waals surface area contributed by atoms with Crippen LogP contribution in [-0.4, -0.2) is 12.0 Å². The highest BCUT2D eigenvalue weighted by Gasteiger charge is 2.12. The van der Waals surface area contributed by atoms with Gasteiger partial charge in [0.15, 0.2) is 0 Å². The molecule has 2 nitrogen and oxygen atoms in total. The molecule has 2 aromatic rings. The maximum atomic E-state index is 4.35. The molecule has 1 atom stereocenters. The van der Waals surface area contributed by atoms with E-state index in [9.17, 15) is 0 Å². The molecule has 2 heterocycles. The summed E-state index contributed by atoms with van der Waals surface area (Å²) in [7, 11) is 1.99. The molecule has 0 aliphatic rings. The molecule has 0 amide bonds. The molecule has 0 aliphatic carbocycles. The number of nitrogens with one attached hydrogen (secondary N) is 1. The molecule has 1 unspecified atom stereocenters. The zero-order valence-corrected chi connectivity index (χ0v) is 11.4. The molecule has 0 bridgehead atoms. The quantitative estimate of drug-likeness (QED) is 0.935. The summed E-state index contributed by atoms with van der Waals surface area (Å²) in [5.74, 6) is 0. The van der Waals surface area contributed by atoms with Crippen LogP contribution < -0.4 is 5.32 Å². The smallest absolute Gasteiger partial charge is 0.0701 e. The first-order chi connectivity index (χ1) is 7.79. The van der Waals surface area contributed by atoms with Gasteiger partial charge in [0.25, 0.3) is 0 Å². The Morgan fingerprint density at radius 3 is 2.94 bits per heavy atom. The monoisotopic (exact) mass is 296 g/mol. The largest absolute Gasteiger partial charge is 0.313 e. The average molecular weight is 297 g/mol. The Kier molecular flexibility index (Phi) is 4.09. The third kappa shape index (κ3) is 2.90. The highest BCUT2D eigenvalue weighted by atomic mass is 79.9. The third-order valence-corrected chi connectivity index (χ3v) is 4.00. The number of pyridine rings is 1. The molecule has 0 radical (unpaired) electrons. The summed E-state index contributed by atoms with van der Waals surface area (Å²) in [6, 6.07) is 8.52. The van der Waals surface area contributed by atoms with E-state index in [1.54, 1.807) is 11.3 Å². The summed E-state index contributed by atoms with van der Waals surface area (Å²) in [4.78, 5) is 4.35. The van der Waals surface area contributed by atoms with Gasteiger partial charge in [-0.1, -0.05) is 6.07 Å². The van der Waals surface area contributed by atoms with Gasteiger partial charge in [0, 0.05) is 24.4 Å². The maximum absolute atomic E-state index is 4.35. The van der Waals surface area contributed by atoms with E-state index in [1.807, 2.05) is 25.4 Å². The Hall–Kier alpha value is -0.710. The summed E-state index contributed by atoms with van der Waals surface area (Å²) in [6.45, 7) is 0. The molecule has 4 heteroatoms. The third-order valence-electron chi connectivity index (χ3n) is 2.48. The second-order valence-electron chi connectivity index (χ2n) is 3.55. The van der Waals surface area contributed by atoms with Crippen LogP contribution in [0.5, 0.6) is 0 Å². The molecule has 1 N–H and O–H groups in total. The van der Waals surface area contributed by atoms with Crippen LogP contribution in [0.25, 0.3) is 0 Å². The van der Waals surface area contributed by atoms with Gasteiger partial charge in [-0.15, -0.1) is 11.3 Å². The van der Waals surface area contributed by atoms with Crippen LogP contribution in [0.3, 0.4) is 0 Å². The zero-order chi connectivity index (χ0) is 11.4. The number of nitrogens with zero attached hydrogens (tertiary/aromatic N) is 1. The number of thiophene rings is 1. The van der Waals surface area contributed by atoms with E-state index in [0.717, 1.165) is 12.1 Å². The van der Waals surface area contributed by atoms with Gasteiger partial charge < -0.3 is 5.32 Å². The minimum atomic E-state index is 0.331. The summed E-state index contributed by atoms with van der Waals surface area (Å²) in [6.07, 6.45) is 2.76. The van der Waals surface area contributed by atoms with Crippen molar-refractivity contribution in [3.8, 4) is 0 Å². The number of hydrogen-bond donors (Lipinski definition) is 1. The number of halogens is 1. The van der Waals surface area contributed by atoms with Gasteiger partial charge in [-0.05, 0) is 52.1 Å². The number of hydrogen-bond acceptors (Lipinski definition) is 3. The first-order valence-electron chi connectivity index (χ1n) is 5.10. The van der Waals surface area contributed by atoms with Crippen molar-refractivity contribution < 1.29 is 0 Å². The molecular formula is C12H13BrN2S. The van der Waals surface area contributed by atoms with E-state index < -0.39 is 0 Å². The lowest BCUT2D eigenvalue weighted by molar-refractivity contribution is 0.586. The lowest BCUT2D eigenvalue weighted by atomic mass is 10.1. The van der Waals surface area contributed by atoms with Crippen LogP contribution in [-0.2, 0) is 6.42 Å². The van der Waals surface area contributed by atoms with E-state index in [4.69, 9.17) is 0 Å². The Bertz CT molecular complexity index is 441. The fraction of sp³-hybridized carbons (Fsp3) is 0.250. The first-order valence-corrected chi connectivity index (χ1v) is 6.78. The highest BCUT2D eigenvalue weighted by molar-refractivity contribution is 9.11. The highest BCUT2D eigenvalue weighted by Crippen LogP contribution is 2.26. The SMILES string of the molecule is CNC(Cc1ccccn1)c1csc(Br)c1.